The number of phenolic OH excluding ortho intramolecular Hbond substituents is 1. The molecular formula is C15H11NO2. The molecule has 3 nitrogen and oxygen atoms in total. The first-order valence-electron chi connectivity index (χ1n) is 5.66. The number of benzene rings is 2. The number of hydrogen-bond donors (Lipinski definition) is 2. The number of aromatic amines is 1. The van der Waals surface area contributed by atoms with Gasteiger partial charge in [-0.15, -0.1) is 0 Å². The van der Waals surface area contributed by atoms with Crippen LogP contribution in [0.25, 0.3) is 10.8 Å². The zero-order valence-corrected chi connectivity index (χ0v) is 9.55. The first-order valence-corrected chi connectivity index (χ1v) is 5.66. The molecule has 1 heterocycles. The highest BCUT2D eigenvalue weighted by Gasteiger charge is 2.15. The Morgan fingerprint density at radius 1 is 1.00 bits per heavy atom. The van der Waals surface area contributed by atoms with E-state index >= 15 is 0 Å². The number of nitrogens with one attached hydrogen (secondary N) is 1. The molecule has 18 heavy (non-hydrogen) atoms. The average molecular weight is 237 g/mol. The molecule has 88 valence electrons. The first-order chi connectivity index (χ1) is 8.77. The summed E-state index contributed by atoms with van der Waals surface area (Å²) in [6, 6.07) is 14.4. The van der Waals surface area contributed by atoms with Crippen molar-refractivity contribution in [3.05, 3.63) is 66.0 Å². The van der Waals surface area contributed by atoms with E-state index in [2.05, 4.69) is 4.98 Å². The van der Waals surface area contributed by atoms with Crippen molar-refractivity contribution in [2.45, 2.75) is 0 Å². The molecule has 0 amide bonds. The van der Waals surface area contributed by atoms with Crippen LogP contribution in [0.15, 0.2) is 54.7 Å². The number of aromatic nitrogens is 1. The fourth-order valence-electron chi connectivity index (χ4n) is 2.06. The summed E-state index contributed by atoms with van der Waals surface area (Å²) in [6.45, 7) is 0. The molecule has 0 aliphatic rings. The van der Waals surface area contributed by atoms with Gasteiger partial charge in [-0.25, -0.2) is 0 Å². The maximum Gasteiger partial charge on any atom is 0.212 e. The van der Waals surface area contributed by atoms with E-state index in [1.807, 2.05) is 24.3 Å². The van der Waals surface area contributed by atoms with Crippen LogP contribution in [0.3, 0.4) is 0 Å². The average Bonchev–Trinajstić information content (AvgIpc) is 2.93. The fourth-order valence-corrected chi connectivity index (χ4v) is 2.06. The Hall–Kier alpha value is -2.55. The molecule has 3 aromatic rings. The lowest BCUT2D eigenvalue weighted by atomic mass is 10.0. The number of rotatable bonds is 2. The lowest BCUT2D eigenvalue weighted by molar-refractivity contribution is 0.103. The van der Waals surface area contributed by atoms with Crippen LogP contribution in [0.2, 0.25) is 0 Å². The number of carbonyl (C=O) groups is 1. The molecule has 0 aliphatic carbocycles. The molecule has 2 N–H and O–H groups in total. The fraction of sp³-hybridized carbons (Fsp3) is 0. The molecule has 0 spiro atoms. The molecule has 0 atom stereocenters. The summed E-state index contributed by atoms with van der Waals surface area (Å²) in [7, 11) is 0. The Balaban J connectivity index is 2.19. The molecule has 1 aromatic heterocycles. The Bertz CT molecular complexity index is 714. The second kappa shape index (κ2) is 4.04. The van der Waals surface area contributed by atoms with E-state index in [4.69, 9.17) is 0 Å². The maximum atomic E-state index is 12.2. The minimum Gasteiger partial charge on any atom is -0.507 e. The van der Waals surface area contributed by atoms with Gasteiger partial charge in [0, 0.05) is 11.6 Å². The van der Waals surface area contributed by atoms with Crippen molar-refractivity contribution in [1.29, 1.82) is 0 Å². The van der Waals surface area contributed by atoms with E-state index in [-0.39, 0.29) is 11.5 Å². The number of phenols is 1. The van der Waals surface area contributed by atoms with E-state index in [1.54, 1.807) is 30.5 Å². The third-order valence-electron chi connectivity index (χ3n) is 2.99. The molecule has 2 aromatic carbocycles. The van der Waals surface area contributed by atoms with Crippen molar-refractivity contribution in [3.63, 3.8) is 0 Å². The molecule has 0 radical (unpaired) electrons. The predicted octanol–water partition coefficient (Wildman–Crippen LogP) is 3.10. The van der Waals surface area contributed by atoms with E-state index in [1.165, 1.54) is 0 Å². The summed E-state index contributed by atoms with van der Waals surface area (Å²) in [5, 5.41) is 11.8. The summed E-state index contributed by atoms with van der Waals surface area (Å²) in [5.74, 6) is -0.170. The monoisotopic (exact) mass is 237 g/mol. The zero-order chi connectivity index (χ0) is 12.5. The number of fused-ring (bicyclic) bond motifs is 1. The molecule has 3 rings (SSSR count). The van der Waals surface area contributed by atoms with Crippen LogP contribution in [0.5, 0.6) is 5.75 Å². The van der Waals surface area contributed by atoms with Crippen molar-refractivity contribution in [3.8, 4) is 5.75 Å². The van der Waals surface area contributed by atoms with E-state index in [9.17, 15) is 9.90 Å². The largest absolute Gasteiger partial charge is 0.507 e. The molecule has 0 bridgehead atoms. The second-order valence-corrected chi connectivity index (χ2v) is 4.10. The van der Waals surface area contributed by atoms with Gasteiger partial charge in [-0.05, 0) is 23.6 Å². The van der Waals surface area contributed by atoms with Crippen LogP contribution in [-0.2, 0) is 0 Å². The van der Waals surface area contributed by atoms with Crippen molar-refractivity contribution < 1.29 is 9.90 Å². The van der Waals surface area contributed by atoms with Crippen LogP contribution in [0, 0.1) is 0 Å². The van der Waals surface area contributed by atoms with Crippen molar-refractivity contribution in [1.82, 2.24) is 4.98 Å². The van der Waals surface area contributed by atoms with Crippen LogP contribution in [0.1, 0.15) is 16.1 Å². The first kappa shape index (κ1) is 10.6. The minimum absolute atomic E-state index is 0.0349. The predicted molar refractivity (Wildman–Crippen MR) is 69.8 cm³/mol. The van der Waals surface area contributed by atoms with Gasteiger partial charge in [-0.1, -0.05) is 30.3 Å². The molecule has 0 unspecified atom stereocenters. The Kier molecular flexibility index (Phi) is 2.38. The number of aromatic hydroxyl groups is 1. The van der Waals surface area contributed by atoms with Crippen LogP contribution < -0.4 is 0 Å². The van der Waals surface area contributed by atoms with Gasteiger partial charge in [0.1, 0.15) is 5.75 Å². The number of carbonyl (C=O) groups excluding carboxylic acids is 1. The third kappa shape index (κ3) is 1.57. The van der Waals surface area contributed by atoms with Gasteiger partial charge < -0.3 is 10.1 Å². The maximum absolute atomic E-state index is 12.2. The van der Waals surface area contributed by atoms with E-state index in [0.29, 0.717) is 16.6 Å². The normalized spacial score (nSPS) is 10.7. The molecule has 0 saturated heterocycles. The SMILES string of the molecule is O=C(c1ccc[nH]1)c1ccc2ccccc2c1O. The standard InChI is InChI=1S/C15H11NO2/c17-14-11-5-2-1-4-10(11)7-8-12(14)15(18)13-6-3-9-16-13/h1-9,16-17H. The van der Waals surface area contributed by atoms with Crippen LogP contribution in [-0.4, -0.2) is 15.9 Å². The smallest absolute Gasteiger partial charge is 0.212 e. The van der Waals surface area contributed by atoms with Crippen molar-refractivity contribution >= 4 is 16.6 Å². The minimum atomic E-state index is -0.205. The highest BCUT2D eigenvalue weighted by molar-refractivity contribution is 6.12. The summed E-state index contributed by atoms with van der Waals surface area (Å²) in [4.78, 5) is 15.0. The summed E-state index contributed by atoms with van der Waals surface area (Å²) >= 11 is 0. The highest BCUT2D eigenvalue weighted by Crippen LogP contribution is 2.29. The van der Waals surface area contributed by atoms with Crippen molar-refractivity contribution in [2.24, 2.45) is 0 Å². The van der Waals surface area contributed by atoms with Gasteiger partial charge in [-0.3, -0.25) is 4.79 Å². The van der Waals surface area contributed by atoms with Crippen molar-refractivity contribution in [2.75, 3.05) is 0 Å². The Morgan fingerprint density at radius 2 is 1.83 bits per heavy atom. The zero-order valence-electron chi connectivity index (χ0n) is 9.55. The lowest BCUT2D eigenvalue weighted by Crippen LogP contribution is -2.02. The topological polar surface area (TPSA) is 53.1 Å². The van der Waals surface area contributed by atoms with Gasteiger partial charge in [0.2, 0.25) is 5.78 Å². The van der Waals surface area contributed by atoms with Gasteiger partial charge in [0.15, 0.2) is 0 Å². The second-order valence-electron chi connectivity index (χ2n) is 4.10. The molecule has 0 aliphatic heterocycles. The summed E-state index contributed by atoms with van der Waals surface area (Å²) in [6.07, 6.45) is 1.69. The molecule has 3 heteroatoms. The summed E-state index contributed by atoms with van der Waals surface area (Å²) < 4.78 is 0. The molecule has 0 fully saturated rings. The van der Waals surface area contributed by atoms with Crippen LogP contribution in [0.4, 0.5) is 0 Å². The lowest BCUT2D eigenvalue weighted by Gasteiger charge is -2.06. The number of H-pyrrole nitrogens is 1. The van der Waals surface area contributed by atoms with Gasteiger partial charge in [0.05, 0.1) is 11.3 Å². The van der Waals surface area contributed by atoms with Gasteiger partial charge in [-0.2, -0.15) is 0 Å². The Labute approximate surface area is 104 Å². The Morgan fingerprint density at radius 3 is 2.61 bits per heavy atom. The third-order valence-corrected chi connectivity index (χ3v) is 2.99. The van der Waals surface area contributed by atoms with E-state index < -0.39 is 0 Å². The number of ketones is 1. The van der Waals surface area contributed by atoms with Gasteiger partial charge >= 0.3 is 0 Å². The van der Waals surface area contributed by atoms with Crippen LogP contribution >= 0.6 is 0 Å². The quantitative estimate of drug-likeness (QED) is 0.673. The summed E-state index contributed by atoms with van der Waals surface area (Å²) in [5.41, 5.74) is 0.789. The molecular weight excluding hydrogens is 226 g/mol. The highest BCUT2D eigenvalue weighted by atomic mass is 16.3. The van der Waals surface area contributed by atoms with E-state index in [0.717, 1.165) is 5.39 Å². The van der Waals surface area contributed by atoms with Gasteiger partial charge in [0.25, 0.3) is 0 Å². The molecule has 0 saturated carbocycles. The number of hydrogen-bond acceptors (Lipinski definition) is 2.